The van der Waals surface area contributed by atoms with Gasteiger partial charge in [-0.2, -0.15) is 0 Å². The van der Waals surface area contributed by atoms with Crippen LogP contribution < -0.4 is 5.32 Å². The van der Waals surface area contributed by atoms with Crippen molar-refractivity contribution >= 4 is 0 Å². The minimum absolute atomic E-state index is 0.779. The van der Waals surface area contributed by atoms with Crippen molar-refractivity contribution in [1.82, 2.24) is 15.1 Å². The fourth-order valence-electron chi connectivity index (χ4n) is 3.00. The van der Waals surface area contributed by atoms with Crippen molar-refractivity contribution in [2.24, 2.45) is 5.92 Å². The molecule has 2 atom stereocenters. The molecule has 1 N–H and O–H groups in total. The van der Waals surface area contributed by atoms with Gasteiger partial charge in [0.1, 0.15) is 0 Å². The second kappa shape index (κ2) is 8.89. The SMILES string of the molecule is CCCNC1CCCC1CN(C)CCCN(C)C. The molecule has 0 spiro atoms. The van der Waals surface area contributed by atoms with E-state index in [2.05, 4.69) is 43.2 Å². The highest BCUT2D eigenvalue weighted by Crippen LogP contribution is 2.26. The minimum atomic E-state index is 0.779. The van der Waals surface area contributed by atoms with Gasteiger partial charge in [0, 0.05) is 12.6 Å². The Morgan fingerprint density at radius 1 is 1.11 bits per heavy atom. The Kier molecular flexibility index (Phi) is 7.87. The first-order chi connectivity index (χ1) is 8.63. The second-order valence-electron chi connectivity index (χ2n) is 6.17. The van der Waals surface area contributed by atoms with Crippen LogP contribution in [0.15, 0.2) is 0 Å². The molecule has 0 aromatic carbocycles. The third kappa shape index (κ3) is 6.17. The predicted octanol–water partition coefficient (Wildman–Crippen LogP) is 2.04. The molecule has 1 saturated carbocycles. The minimum Gasteiger partial charge on any atom is -0.314 e. The van der Waals surface area contributed by atoms with E-state index in [1.165, 1.54) is 58.3 Å². The first-order valence-corrected chi connectivity index (χ1v) is 7.70. The largest absolute Gasteiger partial charge is 0.314 e. The van der Waals surface area contributed by atoms with Gasteiger partial charge in [0.25, 0.3) is 0 Å². The molecule has 1 fully saturated rings. The van der Waals surface area contributed by atoms with Crippen LogP contribution in [0, 0.1) is 5.92 Å². The van der Waals surface area contributed by atoms with Gasteiger partial charge in [-0.15, -0.1) is 0 Å². The lowest BCUT2D eigenvalue weighted by atomic mass is 10.0. The molecule has 3 heteroatoms. The lowest BCUT2D eigenvalue weighted by Crippen LogP contribution is -2.39. The van der Waals surface area contributed by atoms with Crippen LogP contribution in [0.2, 0.25) is 0 Å². The van der Waals surface area contributed by atoms with Crippen LogP contribution in [-0.2, 0) is 0 Å². The topological polar surface area (TPSA) is 18.5 Å². The highest BCUT2D eigenvalue weighted by molar-refractivity contribution is 4.84. The zero-order valence-electron chi connectivity index (χ0n) is 12.9. The summed E-state index contributed by atoms with van der Waals surface area (Å²) in [6, 6.07) is 0.779. The Labute approximate surface area is 114 Å². The summed E-state index contributed by atoms with van der Waals surface area (Å²) in [5, 5.41) is 3.73. The third-order valence-corrected chi connectivity index (χ3v) is 4.01. The Morgan fingerprint density at radius 3 is 2.56 bits per heavy atom. The summed E-state index contributed by atoms with van der Waals surface area (Å²) in [5.74, 6) is 0.876. The third-order valence-electron chi connectivity index (χ3n) is 4.01. The molecule has 2 unspecified atom stereocenters. The van der Waals surface area contributed by atoms with Crippen molar-refractivity contribution in [3.63, 3.8) is 0 Å². The number of hydrogen-bond acceptors (Lipinski definition) is 3. The van der Waals surface area contributed by atoms with Crippen LogP contribution >= 0.6 is 0 Å². The predicted molar refractivity (Wildman–Crippen MR) is 80.1 cm³/mol. The molecule has 0 aromatic heterocycles. The molecule has 0 heterocycles. The quantitative estimate of drug-likeness (QED) is 0.680. The van der Waals surface area contributed by atoms with Crippen LogP contribution in [-0.4, -0.2) is 63.2 Å². The molecular formula is C15H33N3. The molecule has 1 aliphatic rings. The molecule has 108 valence electrons. The summed E-state index contributed by atoms with van der Waals surface area (Å²) in [6.45, 7) is 7.15. The van der Waals surface area contributed by atoms with Gasteiger partial charge in [-0.05, 0) is 72.4 Å². The first-order valence-electron chi connectivity index (χ1n) is 7.70. The van der Waals surface area contributed by atoms with Crippen LogP contribution in [0.5, 0.6) is 0 Å². The van der Waals surface area contributed by atoms with Gasteiger partial charge in [0.2, 0.25) is 0 Å². The van der Waals surface area contributed by atoms with Crippen LogP contribution in [0.3, 0.4) is 0 Å². The summed E-state index contributed by atoms with van der Waals surface area (Å²) in [5.41, 5.74) is 0. The Hall–Kier alpha value is -0.120. The van der Waals surface area contributed by atoms with Crippen LogP contribution in [0.1, 0.15) is 39.0 Å². The normalized spacial score (nSPS) is 24.3. The molecule has 0 radical (unpaired) electrons. The van der Waals surface area contributed by atoms with E-state index >= 15 is 0 Å². The zero-order valence-corrected chi connectivity index (χ0v) is 12.9. The smallest absolute Gasteiger partial charge is 0.0107 e. The molecule has 0 saturated heterocycles. The fraction of sp³-hybridized carbons (Fsp3) is 1.00. The Morgan fingerprint density at radius 2 is 1.89 bits per heavy atom. The molecule has 1 aliphatic carbocycles. The Bertz CT molecular complexity index is 206. The molecule has 18 heavy (non-hydrogen) atoms. The molecule has 0 bridgehead atoms. The van der Waals surface area contributed by atoms with E-state index < -0.39 is 0 Å². The maximum Gasteiger partial charge on any atom is 0.0107 e. The van der Waals surface area contributed by atoms with Crippen molar-refractivity contribution in [3.8, 4) is 0 Å². The maximum atomic E-state index is 3.73. The van der Waals surface area contributed by atoms with E-state index in [9.17, 15) is 0 Å². The van der Waals surface area contributed by atoms with Gasteiger partial charge in [-0.3, -0.25) is 0 Å². The average Bonchev–Trinajstić information content (AvgIpc) is 2.73. The summed E-state index contributed by atoms with van der Waals surface area (Å²) in [6.07, 6.45) is 6.75. The van der Waals surface area contributed by atoms with Crippen molar-refractivity contribution in [3.05, 3.63) is 0 Å². The molecule has 0 aromatic rings. The van der Waals surface area contributed by atoms with Gasteiger partial charge < -0.3 is 15.1 Å². The summed E-state index contributed by atoms with van der Waals surface area (Å²) in [7, 11) is 6.59. The fourth-order valence-corrected chi connectivity index (χ4v) is 3.00. The molecular weight excluding hydrogens is 222 g/mol. The molecule has 0 amide bonds. The van der Waals surface area contributed by atoms with Gasteiger partial charge in [0.05, 0.1) is 0 Å². The first kappa shape index (κ1) is 15.9. The van der Waals surface area contributed by atoms with E-state index in [1.807, 2.05) is 0 Å². The van der Waals surface area contributed by atoms with E-state index in [0.717, 1.165) is 12.0 Å². The van der Waals surface area contributed by atoms with Crippen molar-refractivity contribution < 1.29 is 0 Å². The van der Waals surface area contributed by atoms with Crippen LogP contribution in [0.25, 0.3) is 0 Å². The lowest BCUT2D eigenvalue weighted by Gasteiger charge is -2.26. The summed E-state index contributed by atoms with van der Waals surface area (Å²) < 4.78 is 0. The van der Waals surface area contributed by atoms with Gasteiger partial charge in [-0.25, -0.2) is 0 Å². The maximum absolute atomic E-state index is 3.73. The molecule has 0 aliphatic heterocycles. The lowest BCUT2D eigenvalue weighted by molar-refractivity contribution is 0.239. The van der Waals surface area contributed by atoms with Crippen molar-refractivity contribution in [1.29, 1.82) is 0 Å². The monoisotopic (exact) mass is 255 g/mol. The van der Waals surface area contributed by atoms with Gasteiger partial charge in [0.15, 0.2) is 0 Å². The van der Waals surface area contributed by atoms with Crippen molar-refractivity contribution in [2.45, 2.75) is 45.1 Å². The van der Waals surface area contributed by atoms with E-state index in [1.54, 1.807) is 0 Å². The van der Waals surface area contributed by atoms with Crippen molar-refractivity contribution in [2.75, 3.05) is 47.3 Å². The van der Waals surface area contributed by atoms with Gasteiger partial charge in [-0.1, -0.05) is 13.3 Å². The standard InChI is InChI=1S/C15H33N3/c1-5-10-16-15-9-6-8-14(15)13-18(4)12-7-11-17(2)3/h14-16H,5-13H2,1-4H3. The van der Waals surface area contributed by atoms with Crippen LogP contribution in [0.4, 0.5) is 0 Å². The number of nitrogens with one attached hydrogen (secondary N) is 1. The Balaban J connectivity index is 2.18. The summed E-state index contributed by atoms with van der Waals surface area (Å²) in [4.78, 5) is 4.80. The molecule has 1 rings (SSSR count). The highest BCUT2D eigenvalue weighted by atomic mass is 15.1. The number of rotatable bonds is 9. The number of nitrogens with zero attached hydrogens (tertiary/aromatic N) is 2. The zero-order chi connectivity index (χ0) is 13.4. The second-order valence-corrected chi connectivity index (χ2v) is 6.17. The van der Waals surface area contributed by atoms with Gasteiger partial charge >= 0.3 is 0 Å². The van der Waals surface area contributed by atoms with E-state index in [-0.39, 0.29) is 0 Å². The van der Waals surface area contributed by atoms with E-state index in [4.69, 9.17) is 0 Å². The number of hydrogen-bond donors (Lipinski definition) is 1. The van der Waals surface area contributed by atoms with E-state index in [0.29, 0.717) is 0 Å². The highest BCUT2D eigenvalue weighted by Gasteiger charge is 2.27. The molecule has 3 nitrogen and oxygen atoms in total. The summed E-state index contributed by atoms with van der Waals surface area (Å²) >= 11 is 0. The average molecular weight is 255 g/mol.